The van der Waals surface area contributed by atoms with Crippen molar-refractivity contribution in [3.8, 4) is 0 Å². The van der Waals surface area contributed by atoms with E-state index in [9.17, 15) is 14.0 Å². The second kappa shape index (κ2) is 6.54. The number of piperidine rings is 1. The van der Waals surface area contributed by atoms with Crippen molar-refractivity contribution < 1.29 is 9.18 Å². The molecule has 1 aromatic carbocycles. The molecular weight excluding hydrogens is 359 g/mol. The zero-order chi connectivity index (χ0) is 18.4. The standard InChI is InChI=1S/C18H20ClFN4O2/c1-22-18(26)24(12-5-6-12)16(21-22)11-7-9-23(10-8-11)17(25)15-13(19)3-2-4-14(15)20/h2-4,11-12H,5-10H2,1H3. The molecule has 1 saturated heterocycles. The van der Waals surface area contributed by atoms with E-state index in [1.54, 1.807) is 11.9 Å². The summed E-state index contributed by atoms with van der Waals surface area (Å²) in [5.74, 6) is -0.0373. The Morgan fingerprint density at radius 3 is 2.54 bits per heavy atom. The summed E-state index contributed by atoms with van der Waals surface area (Å²) in [4.78, 5) is 26.6. The SMILES string of the molecule is Cn1nc(C2CCN(C(=O)c3c(F)cccc3Cl)CC2)n(C2CC2)c1=O. The van der Waals surface area contributed by atoms with Crippen molar-refractivity contribution in [1.82, 2.24) is 19.2 Å². The Morgan fingerprint density at radius 1 is 1.23 bits per heavy atom. The molecule has 1 aliphatic carbocycles. The Balaban J connectivity index is 1.51. The van der Waals surface area contributed by atoms with Gasteiger partial charge in [-0.3, -0.25) is 9.36 Å². The minimum absolute atomic E-state index is 0.0691. The van der Waals surface area contributed by atoms with Crippen molar-refractivity contribution in [2.24, 2.45) is 7.05 Å². The Hall–Kier alpha value is -2.15. The van der Waals surface area contributed by atoms with Gasteiger partial charge in [0, 0.05) is 32.1 Å². The Morgan fingerprint density at radius 2 is 1.92 bits per heavy atom. The van der Waals surface area contributed by atoms with Crippen LogP contribution >= 0.6 is 11.6 Å². The number of aryl methyl sites for hydroxylation is 1. The molecule has 1 saturated carbocycles. The Kier molecular flexibility index (Phi) is 4.34. The molecule has 8 heteroatoms. The van der Waals surface area contributed by atoms with Crippen molar-refractivity contribution in [2.45, 2.75) is 37.6 Å². The van der Waals surface area contributed by atoms with Crippen LogP contribution in [0.3, 0.4) is 0 Å². The first-order valence-corrected chi connectivity index (χ1v) is 9.24. The molecule has 2 aliphatic rings. The second-order valence-electron chi connectivity index (χ2n) is 7.03. The summed E-state index contributed by atoms with van der Waals surface area (Å²) in [6.45, 7) is 0.979. The number of carbonyl (C=O) groups is 1. The molecule has 6 nitrogen and oxygen atoms in total. The van der Waals surface area contributed by atoms with Crippen molar-refractivity contribution >= 4 is 17.5 Å². The van der Waals surface area contributed by atoms with Crippen LogP contribution < -0.4 is 5.69 Å². The fourth-order valence-electron chi connectivity index (χ4n) is 3.65. The van der Waals surface area contributed by atoms with Crippen LogP contribution in [0.4, 0.5) is 4.39 Å². The minimum atomic E-state index is -0.600. The lowest BCUT2D eigenvalue weighted by Crippen LogP contribution is -2.39. The maximum Gasteiger partial charge on any atom is 0.345 e. The lowest BCUT2D eigenvalue weighted by atomic mass is 9.95. The molecule has 1 amide bonds. The molecule has 1 aromatic heterocycles. The average Bonchev–Trinajstić information content (AvgIpc) is 3.41. The summed E-state index contributed by atoms with van der Waals surface area (Å²) >= 11 is 6.01. The van der Waals surface area contributed by atoms with Crippen LogP contribution in [-0.4, -0.2) is 38.2 Å². The van der Waals surface area contributed by atoms with E-state index < -0.39 is 5.82 Å². The van der Waals surface area contributed by atoms with Crippen LogP contribution in [0.1, 0.15) is 53.8 Å². The summed E-state index contributed by atoms with van der Waals surface area (Å²) in [6, 6.07) is 4.52. The molecule has 0 atom stereocenters. The third-order valence-corrected chi connectivity index (χ3v) is 5.53. The number of benzene rings is 1. The van der Waals surface area contributed by atoms with Crippen LogP contribution in [0.15, 0.2) is 23.0 Å². The topological polar surface area (TPSA) is 60.1 Å². The van der Waals surface area contributed by atoms with Gasteiger partial charge in [-0.1, -0.05) is 17.7 Å². The van der Waals surface area contributed by atoms with Crippen molar-refractivity contribution in [3.63, 3.8) is 0 Å². The molecule has 2 heterocycles. The zero-order valence-corrected chi connectivity index (χ0v) is 15.2. The number of rotatable bonds is 3. The Bertz CT molecular complexity index is 890. The number of nitrogens with zero attached hydrogens (tertiary/aromatic N) is 4. The number of likely N-dealkylation sites (tertiary alicyclic amines) is 1. The Labute approximate surface area is 155 Å². The van der Waals surface area contributed by atoms with Crippen molar-refractivity contribution in [1.29, 1.82) is 0 Å². The van der Waals surface area contributed by atoms with Crippen LogP contribution in [0.2, 0.25) is 5.02 Å². The first-order valence-electron chi connectivity index (χ1n) is 8.86. The smallest absolute Gasteiger partial charge is 0.338 e. The van der Waals surface area contributed by atoms with Gasteiger partial charge in [-0.2, -0.15) is 5.10 Å². The molecule has 0 spiro atoms. The van der Waals surface area contributed by atoms with E-state index in [0.29, 0.717) is 25.9 Å². The molecule has 2 fully saturated rings. The fourth-order valence-corrected chi connectivity index (χ4v) is 3.90. The first kappa shape index (κ1) is 17.3. The molecule has 0 radical (unpaired) electrons. The highest BCUT2D eigenvalue weighted by molar-refractivity contribution is 6.33. The lowest BCUT2D eigenvalue weighted by molar-refractivity contribution is 0.0705. The fraction of sp³-hybridized carbons (Fsp3) is 0.500. The largest absolute Gasteiger partial charge is 0.345 e. The minimum Gasteiger partial charge on any atom is -0.338 e. The van der Waals surface area contributed by atoms with Gasteiger partial charge in [0.15, 0.2) is 0 Å². The highest BCUT2D eigenvalue weighted by Crippen LogP contribution is 2.37. The summed E-state index contributed by atoms with van der Waals surface area (Å²) in [6.07, 6.45) is 3.42. The number of carbonyl (C=O) groups excluding carboxylic acids is 1. The van der Waals surface area contributed by atoms with Gasteiger partial charge in [-0.05, 0) is 37.8 Å². The average molecular weight is 379 g/mol. The van der Waals surface area contributed by atoms with Gasteiger partial charge >= 0.3 is 5.69 Å². The van der Waals surface area contributed by atoms with E-state index in [0.717, 1.165) is 18.7 Å². The number of aromatic nitrogens is 3. The third kappa shape index (κ3) is 2.94. The number of amides is 1. The quantitative estimate of drug-likeness (QED) is 0.825. The van der Waals surface area contributed by atoms with E-state index in [1.807, 2.05) is 4.57 Å². The van der Waals surface area contributed by atoms with Crippen molar-refractivity contribution in [3.05, 3.63) is 50.9 Å². The van der Waals surface area contributed by atoms with Gasteiger partial charge in [0.25, 0.3) is 5.91 Å². The molecule has 0 unspecified atom stereocenters. The maximum atomic E-state index is 14.0. The number of hydrogen-bond donors (Lipinski definition) is 0. The second-order valence-corrected chi connectivity index (χ2v) is 7.44. The molecule has 1 aliphatic heterocycles. The van der Waals surface area contributed by atoms with E-state index in [-0.39, 0.29) is 34.1 Å². The molecule has 26 heavy (non-hydrogen) atoms. The van der Waals surface area contributed by atoms with Crippen LogP contribution in [0.5, 0.6) is 0 Å². The molecule has 0 N–H and O–H groups in total. The summed E-state index contributed by atoms with van der Waals surface area (Å²) in [5, 5.41) is 4.56. The summed E-state index contributed by atoms with van der Waals surface area (Å²) in [5.41, 5.74) is -0.139. The summed E-state index contributed by atoms with van der Waals surface area (Å²) in [7, 11) is 1.67. The van der Waals surface area contributed by atoms with Gasteiger partial charge < -0.3 is 4.90 Å². The maximum absolute atomic E-state index is 14.0. The van der Waals surface area contributed by atoms with Crippen molar-refractivity contribution in [2.75, 3.05) is 13.1 Å². The van der Waals surface area contributed by atoms with Crippen LogP contribution in [-0.2, 0) is 7.05 Å². The number of halogens is 2. The predicted molar refractivity (Wildman–Crippen MR) is 95.0 cm³/mol. The molecule has 0 bridgehead atoms. The lowest BCUT2D eigenvalue weighted by Gasteiger charge is -2.32. The first-order chi connectivity index (χ1) is 12.5. The van der Waals surface area contributed by atoms with Gasteiger partial charge in [0.1, 0.15) is 11.6 Å². The molecule has 138 valence electrons. The van der Waals surface area contributed by atoms with E-state index in [2.05, 4.69) is 5.10 Å². The number of hydrogen-bond acceptors (Lipinski definition) is 3. The summed E-state index contributed by atoms with van der Waals surface area (Å²) < 4.78 is 17.2. The van der Waals surface area contributed by atoms with Crippen LogP contribution in [0.25, 0.3) is 0 Å². The third-order valence-electron chi connectivity index (χ3n) is 5.22. The van der Waals surface area contributed by atoms with Crippen LogP contribution in [0, 0.1) is 5.82 Å². The normalized spacial score (nSPS) is 18.3. The highest BCUT2D eigenvalue weighted by Gasteiger charge is 2.34. The highest BCUT2D eigenvalue weighted by atomic mass is 35.5. The zero-order valence-electron chi connectivity index (χ0n) is 14.5. The van der Waals surface area contributed by atoms with Gasteiger partial charge in [0.05, 0.1) is 10.6 Å². The van der Waals surface area contributed by atoms with Gasteiger partial charge in [-0.15, -0.1) is 0 Å². The predicted octanol–water partition coefficient (Wildman–Crippen LogP) is 2.73. The molecular formula is C18H20ClFN4O2. The molecule has 2 aromatic rings. The molecule has 4 rings (SSSR count). The van der Waals surface area contributed by atoms with E-state index in [4.69, 9.17) is 11.6 Å². The van der Waals surface area contributed by atoms with E-state index >= 15 is 0 Å². The monoisotopic (exact) mass is 378 g/mol. The van der Waals surface area contributed by atoms with Gasteiger partial charge in [-0.25, -0.2) is 13.9 Å². The van der Waals surface area contributed by atoms with Gasteiger partial charge in [0.2, 0.25) is 0 Å². The van der Waals surface area contributed by atoms with E-state index in [1.165, 1.54) is 22.9 Å².